The molecule has 0 fully saturated rings. The van der Waals surface area contributed by atoms with Crippen LogP contribution in [0.25, 0.3) is 0 Å². The summed E-state index contributed by atoms with van der Waals surface area (Å²) in [6.45, 7) is 3.82. The second-order valence-corrected chi connectivity index (χ2v) is 4.80. The summed E-state index contributed by atoms with van der Waals surface area (Å²) in [5, 5.41) is 0. The van der Waals surface area contributed by atoms with E-state index in [-0.39, 0.29) is 23.5 Å². The zero-order valence-corrected chi connectivity index (χ0v) is 10.3. The predicted octanol–water partition coefficient (Wildman–Crippen LogP) is 1.89. The lowest BCUT2D eigenvalue weighted by atomic mass is 9.87. The average Bonchev–Trinajstić information content (AvgIpc) is 2.35. The van der Waals surface area contributed by atoms with E-state index in [4.69, 9.17) is 10.5 Å². The van der Waals surface area contributed by atoms with Gasteiger partial charge in [0.05, 0.1) is 17.3 Å². The number of aliphatic imine (C=N–C) groups is 1. The molecule has 1 aliphatic heterocycles. The van der Waals surface area contributed by atoms with Crippen LogP contribution in [0.1, 0.15) is 12.5 Å². The SMILES string of the molecule is Cc1ccc2c(c1)O[C@H]1C(=N2)C=C(N)C(=O)[C@@H]1C. The van der Waals surface area contributed by atoms with Crippen molar-refractivity contribution in [2.24, 2.45) is 16.6 Å². The van der Waals surface area contributed by atoms with Crippen LogP contribution in [0.5, 0.6) is 5.75 Å². The fourth-order valence-corrected chi connectivity index (χ4v) is 2.31. The summed E-state index contributed by atoms with van der Waals surface area (Å²) in [5.74, 6) is 0.370. The minimum atomic E-state index is -0.320. The molecule has 0 unspecified atom stereocenters. The van der Waals surface area contributed by atoms with Crippen molar-refractivity contribution >= 4 is 17.2 Å². The van der Waals surface area contributed by atoms with E-state index in [9.17, 15) is 4.79 Å². The first-order valence-electron chi connectivity index (χ1n) is 5.93. The number of rotatable bonds is 0. The fourth-order valence-electron chi connectivity index (χ4n) is 2.31. The molecule has 1 heterocycles. The minimum Gasteiger partial charge on any atom is -0.481 e. The molecule has 0 aromatic heterocycles. The molecule has 0 bridgehead atoms. The quantitative estimate of drug-likeness (QED) is 0.755. The lowest BCUT2D eigenvalue weighted by Gasteiger charge is -2.31. The van der Waals surface area contributed by atoms with Crippen LogP contribution in [-0.2, 0) is 4.79 Å². The Bertz CT molecular complexity index is 602. The molecule has 3 rings (SSSR count). The molecule has 0 radical (unpaired) electrons. The number of ketones is 1. The largest absolute Gasteiger partial charge is 0.481 e. The molecule has 1 aliphatic carbocycles. The summed E-state index contributed by atoms with van der Waals surface area (Å²) in [7, 11) is 0. The highest BCUT2D eigenvalue weighted by Gasteiger charge is 2.37. The highest BCUT2D eigenvalue weighted by molar-refractivity contribution is 6.14. The van der Waals surface area contributed by atoms with Gasteiger partial charge in [0.15, 0.2) is 11.9 Å². The van der Waals surface area contributed by atoms with E-state index in [0.29, 0.717) is 0 Å². The van der Waals surface area contributed by atoms with E-state index in [0.717, 1.165) is 22.7 Å². The van der Waals surface area contributed by atoms with Crippen molar-refractivity contribution in [1.82, 2.24) is 0 Å². The van der Waals surface area contributed by atoms with E-state index in [1.807, 2.05) is 32.0 Å². The van der Waals surface area contributed by atoms with E-state index in [1.54, 1.807) is 6.08 Å². The maximum atomic E-state index is 11.8. The number of carbonyl (C=O) groups excluding carboxylic acids is 1. The van der Waals surface area contributed by atoms with Crippen LogP contribution in [0.15, 0.2) is 35.0 Å². The van der Waals surface area contributed by atoms with Crippen LogP contribution in [-0.4, -0.2) is 17.6 Å². The van der Waals surface area contributed by atoms with Gasteiger partial charge in [0.2, 0.25) is 0 Å². The topological polar surface area (TPSA) is 64.7 Å². The first-order valence-corrected chi connectivity index (χ1v) is 5.93. The van der Waals surface area contributed by atoms with Gasteiger partial charge in [-0.25, -0.2) is 4.99 Å². The zero-order valence-electron chi connectivity index (χ0n) is 10.3. The average molecular weight is 242 g/mol. The van der Waals surface area contributed by atoms with Crippen molar-refractivity contribution in [2.45, 2.75) is 20.0 Å². The minimum absolute atomic E-state index is 0.0740. The van der Waals surface area contributed by atoms with Crippen LogP contribution in [0, 0.1) is 12.8 Å². The van der Waals surface area contributed by atoms with Crippen molar-refractivity contribution < 1.29 is 9.53 Å². The highest BCUT2D eigenvalue weighted by Crippen LogP contribution is 2.36. The van der Waals surface area contributed by atoms with Crippen molar-refractivity contribution in [3.8, 4) is 5.75 Å². The van der Waals surface area contributed by atoms with Crippen LogP contribution in [0.2, 0.25) is 0 Å². The number of ether oxygens (including phenoxy) is 1. The lowest BCUT2D eigenvalue weighted by Crippen LogP contribution is -2.44. The molecule has 18 heavy (non-hydrogen) atoms. The molecule has 0 amide bonds. The van der Waals surface area contributed by atoms with E-state index < -0.39 is 0 Å². The molecule has 0 saturated heterocycles. The summed E-state index contributed by atoms with van der Waals surface area (Å²) in [6, 6.07) is 5.84. The van der Waals surface area contributed by atoms with Crippen molar-refractivity contribution in [1.29, 1.82) is 0 Å². The van der Waals surface area contributed by atoms with Gasteiger partial charge in [-0.1, -0.05) is 13.0 Å². The Kier molecular flexibility index (Phi) is 2.26. The molecule has 4 heteroatoms. The van der Waals surface area contributed by atoms with Gasteiger partial charge in [-0.2, -0.15) is 0 Å². The number of Topliss-reactive ketones (excluding diaryl/α,β-unsaturated/α-hetero) is 1. The molecule has 2 atom stereocenters. The van der Waals surface area contributed by atoms with Gasteiger partial charge in [0.1, 0.15) is 11.4 Å². The predicted molar refractivity (Wildman–Crippen MR) is 69.1 cm³/mol. The Morgan fingerprint density at radius 2 is 2.17 bits per heavy atom. The number of aryl methyl sites for hydroxylation is 1. The summed E-state index contributed by atoms with van der Waals surface area (Å²) >= 11 is 0. The number of hydrogen-bond donors (Lipinski definition) is 1. The van der Waals surface area contributed by atoms with Gasteiger partial charge in [-0.15, -0.1) is 0 Å². The Balaban J connectivity index is 2.12. The van der Waals surface area contributed by atoms with Crippen LogP contribution < -0.4 is 10.5 Å². The molecule has 1 aromatic rings. The van der Waals surface area contributed by atoms with Crippen LogP contribution in [0.3, 0.4) is 0 Å². The molecular weight excluding hydrogens is 228 g/mol. The monoisotopic (exact) mass is 242 g/mol. The van der Waals surface area contributed by atoms with Gasteiger partial charge in [0, 0.05) is 0 Å². The Morgan fingerprint density at radius 1 is 1.39 bits per heavy atom. The fraction of sp³-hybridized carbons (Fsp3) is 0.286. The first kappa shape index (κ1) is 11.0. The summed E-state index contributed by atoms with van der Waals surface area (Å²) in [6.07, 6.45) is 1.30. The second-order valence-electron chi connectivity index (χ2n) is 4.80. The molecule has 1 aromatic carbocycles. The van der Waals surface area contributed by atoms with Crippen LogP contribution in [0.4, 0.5) is 5.69 Å². The maximum Gasteiger partial charge on any atom is 0.185 e. The lowest BCUT2D eigenvalue weighted by molar-refractivity contribution is -0.120. The molecule has 4 nitrogen and oxygen atoms in total. The van der Waals surface area contributed by atoms with Gasteiger partial charge in [0.25, 0.3) is 0 Å². The number of hydrogen-bond acceptors (Lipinski definition) is 4. The normalized spacial score (nSPS) is 25.6. The maximum absolute atomic E-state index is 11.8. The third-order valence-corrected chi connectivity index (χ3v) is 3.37. The van der Waals surface area contributed by atoms with Crippen molar-refractivity contribution in [3.05, 3.63) is 35.5 Å². The van der Waals surface area contributed by atoms with Crippen LogP contribution >= 0.6 is 0 Å². The molecule has 2 aliphatic rings. The highest BCUT2D eigenvalue weighted by atomic mass is 16.5. The van der Waals surface area contributed by atoms with Gasteiger partial charge in [-0.3, -0.25) is 4.79 Å². The number of carbonyl (C=O) groups is 1. The number of benzene rings is 1. The zero-order chi connectivity index (χ0) is 12.9. The van der Waals surface area contributed by atoms with Gasteiger partial charge >= 0.3 is 0 Å². The second kappa shape index (κ2) is 3.70. The Hall–Kier alpha value is -2.10. The van der Waals surface area contributed by atoms with E-state index in [2.05, 4.69) is 4.99 Å². The summed E-state index contributed by atoms with van der Waals surface area (Å²) in [5.41, 5.74) is 8.59. The standard InChI is InChI=1S/C14H14N2O2/c1-7-3-4-10-12(5-7)18-14-8(2)13(17)9(15)6-11(14)16-10/h3-6,8,14H,15H2,1-2H3/t8-,14+/m0/s1. The van der Waals surface area contributed by atoms with Gasteiger partial charge in [-0.05, 0) is 30.7 Å². The molecule has 0 spiro atoms. The first-order chi connectivity index (χ1) is 8.56. The number of nitrogens with two attached hydrogens (primary N) is 1. The van der Waals surface area contributed by atoms with Crippen molar-refractivity contribution in [2.75, 3.05) is 0 Å². The molecule has 2 N–H and O–H groups in total. The van der Waals surface area contributed by atoms with Gasteiger partial charge < -0.3 is 10.5 Å². The van der Waals surface area contributed by atoms with Crippen molar-refractivity contribution in [3.63, 3.8) is 0 Å². The van der Waals surface area contributed by atoms with E-state index >= 15 is 0 Å². The Morgan fingerprint density at radius 3 is 2.94 bits per heavy atom. The number of nitrogens with zero attached hydrogens (tertiary/aromatic N) is 1. The molecule has 92 valence electrons. The molecular formula is C14H14N2O2. The Labute approximate surface area is 105 Å². The summed E-state index contributed by atoms with van der Waals surface area (Å²) < 4.78 is 5.90. The number of allylic oxidation sites excluding steroid dienone is 1. The van der Waals surface area contributed by atoms with E-state index in [1.165, 1.54) is 0 Å². The third kappa shape index (κ3) is 1.53. The smallest absolute Gasteiger partial charge is 0.185 e. The third-order valence-electron chi connectivity index (χ3n) is 3.37. The summed E-state index contributed by atoms with van der Waals surface area (Å²) in [4.78, 5) is 16.4. The molecule has 0 saturated carbocycles. The number of fused-ring (bicyclic) bond motifs is 2.